The summed E-state index contributed by atoms with van der Waals surface area (Å²) in [6, 6.07) is 5.81. The molecule has 1 aliphatic carbocycles. The average molecular weight is 304 g/mol. The predicted molar refractivity (Wildman–Crippen MR) is 86.0 cm³/mol. The molecule has 22 heavy (non-hydrogen) atoms. The van der Waals surface area contributed by atoms with Crippen LogP contribution < -0.4 is 10.1 Å². The number of amides is 2. The molecule has 120 valence electrons. The highest BCUT2D eigenvalue weighted by Crippen LogP contribution is 2.26. The van der Waals surface area contributed by atoms with Crippen LogP contribution in [0.1, 0.15) is 38.2 Å². The highest BCUT2D eigenvalue weighted by atomic mass is 16.5. The van der Waals surface area contributed by atoms with E-state index in [2.05, 4.69) is 5.32 Å². The minimum absolute atomic E-state index is 0.0433. The fourth-order valence-corrected chi connectivity index (χ4v) is 2.98. The van der Waals surface area contributed by atoms with E-state index in [1.165, 1.54) is 6.92 Å². The summed E-state index contributed by atoms with van der Waals surface area (Å²) in [6.45, 7) is 3.57. The molecule has 0 aliphatic heterocycles. The molecular formula is C17H24N2O3. The number of carbonyl (C=O) groups excluding carboxylic acids is 2. The van der Waals surface area contributed by atoms with Crippen LogP contribution in [0.3, 0.4) is 0 Å². The summed E-state index contributed by atoms with van der Waals surface area (Å²) in [5.41, 5.74) is 1.68. The van der Waals surface area contributed by atoms with Crippen molar-refractivity contribution in [2.24, 2.45) is 0 Å². The van der Waals surface area contributed by atoms with Gasteiger partial charge in [-0.25, -0.2) is 0 Å². The minimum atomic E-state index is -0.189. The summed E-state index contributed by atoms with van der Waals surface area (Å²) in [6.07, 6.45) is 4.23. The van der Waals surface area contributed by atoms with Gasteiger partial charge in [-0.05, 0) is 37.5 Å². The van der Waals surface area contributed by atoms with Gasteiger partial charge in [0.05, 0.1) is 12.8 Å². The topological polar surface area (TPSA) is 58.6 Å². The van der Waals surface area contributed by atoms with E-state index < -0.39 is 0 Å². The van der Waals surface area contributed by atoms with Crippen LogP contribution in [-0.2, 0) is 9.59 Å². The maximum absolute atomic E-state index is 12.3. The van der Waals surface area contributed by atoms with Gasteiger partial charge in [0.2, 0.25) is 11.8 Å². The number of carbonyl (C=O) groups is 2. The molecule has 1 N–H and O–H groups in total. The molecule has 5 heteroatoms. The number of anilines is 1. The van der Waals surface area contributed by atoms with Crippen molar-refractivity contribution < 1.29 is 14.3 Å². The van der Waals surface area contributed by atoms with E-state index in [-0.39, 0.29) is 24.4 Å². The molecule has 1 aromatic rings. The minimum Gasteiger partial charge on any atom is -0.495 e. The normalized spacial score (nSPS) is 14.7. The first-order valence-electron chi connectivity index (χ1n) is 7.73. The van der Waals surface area contributed by atoms with E-state index in [1.807, 2.05) is 25.1 Å². The Morgan fingerprint density at radius 1 is 1.32 bits per heavy atom. The molecule has 0 atom stereocenters. The van der Waals surface area contributed by atoms with Gasteiger partial charge >= 0.3 is 0 Å². The van der Waals surface area contributed by atoms with Crippen molar-refractivity contribution in [3.63, 3.8) is 0 Å². The van der Waals surface area contributed by atoms with E-state index in [4.69, 9.17) is 4.74 Å². The first kappa shape index (κ1) is 16.3. The van der Waals surface area contributed by atoms with Gasteiger partial charge in [-0.3, -0.25) is 9.59 Å². The Labute approximate surface area is 131 Å². The van der Waals surface area contributed by atoms with Gasteiger partial charge in [0, 0.05) is 13.0 Å². The molecule has 1 saturated carbocycles. The molecule has 5 nitrogen and oxygen atoms in total. The van der Waals surface area contributed by atoms with E-state index in [1.54, 1.807) is 12.0 Å². The number of hydrogen-bond acceptors (Lipinski definition) is 3. The second kappa shape index (κ2) is 7.29. The summed E-state index contributed by atoms with van der Waals surface area (Å²) < 4.78 is 5.26. The zero-order valence-electron chi connectivity index (χ0n) is 13.5. The van der Waals surface area contributed by atoms with Crippen molar-refractivity contribution in [3.05, 3.63) is 23.8 Å². The molecule has 0 saturated heterocycles. The lowest BCUT2D eigenvalue weighted by Crippen LogP contribution is -2.42. The molecule has 0 radical (unpaired) electrons. The fourth-order valence-electron chi connectivity index (χ4n) is 2.98. The van der Waals surface area contributed by atoms with Crippen LogP contribution in [-0.4, -0.2) is 36.4 Å². The Balaban J connectivity index is 2.05. The molecule has 2 amide bonds. The second-order valence-electron chi connectivity index (χ2n) is 5.84. The van der Waals surface area contributed by atoms with E-state index in [0.29, 0.717) is 11.4 Å². The van der Waals surface area contributed by atoms with Crippen molar-refractivity contribution in [1.82, 2.24) is 4.90 Å². The van der Waals surface area contributed by atoms with Crippen molar-refractivity contribution in [2.45, 2.75) is 45.6 Å². The van der Waals surface area contributed by atoms with Crippen LogP contribution in [0, 0.1) is 6.92 Å². The lowest BCUT2D eigenvalue weighted by Gasteiger charge is -2.27. The number of benzene rings is 1. The van der Waals surface area contributed by atoms with Crippen molar-refractivity contribution in [2.75, 3.05) is 19.0 Å². The largest absolute Gasteiger partial charge is 0.495 e. The van der Waals surface area contributed by atoms with Crippen LogP contribution in [0.5, 0.6) is 5.75 Å². The molecule has 1 aromatic carbocycles. The molecular weight excluding hydrogens is 280 g/mol. The number of nitrogens with one attached hydrogen (secondary N) is 1. The molecule has 0 spiro atoms. The molecule has 0 bridgehead atoms. The molecule has 1 fully saturated rings. The van der Waals surface area contributed by atoms with Gasteiger partial charge in [-0.2, -0.15) is 0 Å². The zero-order chi connectivity index (χ0) is 16.1. The number of methoxy groups -OCH3 is 1. The standard InChI is InChI=1S/C17H24N2O3/c1-12-8-9-16(22-3)15(10-12)18-17(21)11-19(13(2)20)14-6-4-5-7-14/h8-10,14H,4-7,11H2,1-3H3,(H,18,21). The molecule has 1 aliphatic rings. The Morgan fingerprint density at radius 3 is 2.59 bits per heavy atom. The first-order valence-corrected chi connectivity index (χ1v) is 7.73. The van der Waals surface area contributed by atoms with Gasteiger partial charge in [-0.15, -0.1) is 0 Å². The molecule has 0 unspecified atom stereocenters. The first-order chi connectivity index (χ1) is 10.5. The third-order valence-corrected chi connectivity index (χ3v) is 4.11. The van der Waals surface area contributed by atoms with Gasteiger partial charge in [0.1, 0.15) is 12.3 Å². The average Bonchev–Trinajstić information content (AvgIpc) is 2.98. The van der Waals surface area contributed by atoms with Crippen LogP contribution in [0.2, 0.25) is 0 Å². The van der Waals surface area contributed by atoms with Gasteiger partial charge in [0.25, 0.3) is 0 Å². The maximum atomic E-state index is 12.3. The number of ether oxygens (including phenoxy) is 1. The fraction of sp³-hybridized carbons (Fsp3) is 0.529. The van der Waals surface area contributed by atoms with E-state index in [9.17, 15) is 9.59 Å². The summed E-state index contributed by atoms with van der Waals surface area (Å²) in [7, 11) is 1.57. The van der Waals surface area contributed by atoms with Crippen LogP contribution in [0.25, 0.3) is 0 Å². The maximum Gasteiger partial charge on any atom is 0.244 e. The van der Waals surface area contributed by atoms with Gasteiger partial charge in [0.15, 0.2) is 0 Å². The lowest BCUT2D eigenvalue weighted by atomic mass is 10.2. The third kappa shape index (κ3) is 4.00. The van der Waals surface area contributed by atoms with Gasteiger partial charge < -0.3 is 15.0 Å². The monoisotopic (exact) mass is 304 g/mol. The van der Waals surface area contributed by atoms with Crippen molar-refractivity contribution in [3.8, 4) is 5.75 Å². The van der Waals surface area contributed by atoms with Crippen LogP contribution in [0.4, 0.5) is 5.69 Å². The number of rotatable bonds is 5. The van der Waals surface area contributed by atoms with Crippen molar-refractivity contribution >= 4 is 17.5 Å². The molecule has 0 heterocycles. The zero-order valence-corrected chi connectivity index (χ0v) is 13.5. The highest BCUT2D eigenvalue weighted by molar-refractivity contribution is 5.95. The Kier molecular flexibility index (Phi) is 5.41. The Hall–Kier alpha value is -2.04. The number of aryl methyl sites for hydroxylation is 1. The summed E-state index contributed by atoms with van der Waals surface area (Å²) >= 11 is 0. The smallest absolute Gasteiger partial charge is 0.244 e. The summed E-state index contributed by atoms with van der Waals surface area (Å²) in [4.78, 5) is 25.8. The van der Waals surface area contributed by atoms with Crippen LogP contribution in [0.15, 0.2) is 18.2 Å². The summed E-state index contributed by atoms with van der Waals surface area (Å²) in [5, 5.41) is 2.85. The Morgan fingerprint density at radius 2 is 2.00 bits per heavy atom. The summed E-state index contributed by atoms with van der Waals surface area (Å²) in [5.74, 6) is 0.387. The van der Waals surface area contributed by atoms with E-state index >= 15 is 0 Å². The third-order valence-electron chi connectivity index (χ3n) is 4.11. The van der Waals surface area contributed by atoms with E-state index in [0.717, 1.165) is 31.2 Å². The van der Waals surface area contributed by atoms with Crippen molar-refractivity contribution in [1.29, 1.82) is 0 Å². The number of nitrogens with zero attached hydrogens (tertiary/aromatic N) is 1. The number of hydrogen-bond donors (Lipinski definition) is 1. The molecule has 0 aromatic heterocycles. The highest BCUT2D eigenvalue weighted by Gasteiger charge is 2.26. The predicted octanol–water partition coefficient (Wildman–Crippen LogP) is 2.73. The lowest BCUT2D eigenvalue weighted by molar-refractivity contribution is -0.135. The Bertz CT molecular complexity index is 551. The quantitative estimate of drug-likeness (QED) is 0.910. The van der Waals surface area contributed by atoms with Crippen LogP contribution >= 0.6 is 0 Å². The van der Waals surface area contributed by atoms with Gasteiger partial charge in [-0.1, -0.05) is 18.9 Å². The molecule has 2 rings (SSSR count). The second-order valence-corrected chi connectivity index (χ2v) is 5.84. The SMILES string of the molecule is COc1ccc(C)cc1NC(=O)CN(C(C)=O)C1CCCC1.